The van der Waals surface area contributed by atoms with E-state index in [9.17, 15) is 9.59 Å². The number of carbonyl (C=O) groups is 2. The van der Waals surface area contributed by atoms with Crippen molar-refractivity contribution >= 4 is 11.9 Å². The summed E-state index contributed by atoms with van der Waals surface area (Å²) < 4.78 is 10.4. The summed E-state index contributed by atoms with van der Waals surface area (Å²) >= 11 is 0. The quantitative estimate of drug-likeness (QED) is 0.679. The molecule has 2 unspecified atom stereocenters. The minimum atomic E-state index is -0.388. The molecule has 0 rings (SSSR count). The Balaban J connectivity index is 4.79. The lowest BCUT2D eigenvalue weighted by atomic mass is 9.93. The van der Waals surface area contributed by atoms with Crippen molar-refractivity contribution in [3.8, 4) is 0 Å². The van der Waals surface area contributed by atoms with Crippen molar-refractivity contribution in [3.63, 3.8) is 0 Å². The van der Waals surface area contributed by atoms with Crippen LogP contribution in [0.1, 0.15) is 41.5 Å². The van der Waals surface area contributed by atoms with Gasteiger partial charge >= 0.3 is 11.9 Å². The minimum absolute atomic E-state index is 0.107. The molecule has 0 aromatic carbocycles. The Kier molecular flexibility index (Phi) is 6.08. The van der Waals surface area contributed by atoms with Gasteiger partial charge < -0.3 is 9.47 Å². The zero-order valence-electron chi connectivity index (χ0n) is 10.9. The summed E-state index contributed by atoms with van der Waals surface area (Å²) in [6, 6.07) is 0. The van der Waals surface area contributed by atoms with E-state index in [1.807, 2.05) is 27.7 Å². The van der Waals surface area contributed by atoms with Gasteiger partial charge in [-0.2, -0.15) is 0 Å². The van der Waals surface area contributed by atoms with Crippen molar-refractivity contribution in [2.24, 2.45) is 11.8 Å². The summed E-state index contributed by atoms with van der Waals surface area (Å²) in [5.74, 6) is -0.487. The third-order valence-corrected chi connectivity index (χ3v) is 2.24. The number of rotatable bonds is 5. The zero-order valence-corrected chi connectivity index (χ0v) is 10.9. The molecule has 0 aromatic rings. The van der Waals surface area contributed by atoms with Gasteiger partial charge in [0.25, 0.3) is 0 Å². The Morgan fingerprint density at radius 3 is 1.12 bits per heavy atom. The van der Waals surface area contributed by atoms with Crippen molar-refractivity contribution in [2.75, 3.05) is 0 Å². The molecule has 0 heterocycles. The van der Waals surface area contributed by atoms with E-state index in [4.69, 9.17) is 9.47 Å². The molecule has 4 nitrogen and oxygen atoms in total. The third kappa shape index (κ3) is 5.14. The van der Waals surface area contributed by atoms with Gasteiger partial charge in [0.15, 0.2) is 0 Å². The molecular weight excluding hydrogens is 208 g/mol. The lowest BCUT2D eigenvalue weighted by molar-refractivity contribution is -0.172. The van der Waals surface area contributed by atoms with Crippen LogP contribution in [0.25, 0.3) is 0 Å². The van der Waals surface area contributed by atoms with E-state index in [2.05, 4.69) is 0 Å². The van der Waals surface area contributed by atoms with Gasteiger partial charge in [0.2, 0.25) is 0 Å². The highest BCUT2D eigenvalue weighted by atomic mass is 16.6. The summed E-state index contributed by atoms with van der Waals surface area (Å²) in [6.45, 7) is 10.5. The summed E-state index contributed by atoms with van der Waals surface area (Å²) in [4.78, 5) is 22.0. The first-order valence-corrected chi connectivity index (χ1v) is 5.60. The van der Waals surface area contributed by atoms with Crippen LogP contribution in [-0.2, 0) is 19.1 Å². The second-order valence-corrected chi connectivity index (χ2v) is 4.64. The van der Waals surface area contributed by atoms with Gasteiger partial charge in [-0.15, -0.1) is 0 Å². The highest BCUT2D eigenvalue weighted by Crippen LogP contribution is 2.21. The summed E-state index contributed by atoms with van der Waals surface area (Å²) in [5, 5.41) is 0. The molecule has 16 heavy (non-hydrogen) atoms. The van der Waals surface area contributed by atoms with Gasteiger partial charge in [0, 0.05) is 13.8 Å². The maximum absolute atomic E-state index is 11.0. The predicted octanol–water partition coefficient (Wildman–Crippen LogP) is 2.16. The molecule has 0 radical (unpaired) electrons. The van der Waals surface area contributed by atoms with Crippen LogP contribution in [0, 0.1) is 11.8 Å². The topological polar surface area (TPSA) is 52.6 Å². The Hall–Kier alpha value is -1.06. The van der Waals surface area contributed by atoms with E-state index in [1.165, 1.54) is 13.8 Å². The molecule has 0 bridgehead atoms. The Bertz CT molecular complexity index is 219. The number of esters is 2. The lowest BCUT2D eigenvalue weighted by Gasteiger charge is -2.31. The minimum Gasteiger partial charge on any atom is -0.458 e. The fourth-order valence-electron chi connectivity index (χ4n) is 1.55. The Morgan fingerprint density at radius 1 is 0.750 bits per heavy atom. The van der Waals surface area contributed by atoms with E-state index in [0.29, 0.717) is 0 Å². The second kappa shape index (κ2) is 6.51. The van der Waals surface area contributed by atoms with Crippen LogP contribution in [0.5, 0.6) is 0 Å². The monoisotopic (exact) mass is 230 g/mol. The van der Waals surface area contributed by atoms with E-state index >= 15 is 0 Å². The van der Waals surface area contributed by atoms with Crippen LogP contribution in [0.3, 0.4) is 0 Å². The first kappa shape index (κ1) is 14.9. The van der Waals surface area contributed by atoms with Gasteiger partial charge in [0.05, 0.1) is 0 Å². The van der Waals surface area contributed by atoms with Crippen LogP contribution < -0.4 is 0 Å². The lowest BCUT2D eigenvalue weighted by Crippen LogP contribution is -2.41. The molecule has 0 spiro atoms. The van der Waals surface area contributed by atoms with Crippen molar-refractivity contribution in [1.29, 1.82) is 0 Å². The van der Waals surface area contributed by atoms with Crippen molar-refractivity contribution in [2.45, 2.75) is 53.8 Å². The molecule has 0 fully saturated rings. The van der Waals surface area contributed by atoms with E-state index < -0.39 is 0 Å². The number of hydrogen-bond donors (Lipinski definition) is 0. The smallest absolute Gasteiger partial charge is 0.303 e. The average molecular weight is 230 g/mol. The molecule has 0 amide bonds. The standard InChI is InChI=1S/C12H22O4/c1-7(2)11(15-9(5)13)12(8(3)4)16-10(6)14/h7-8,11-12H,1-6H3. The third-order valence-electron chi connectivity index (χ3n) is 2.24. The van der Waals surface area contributed by atoms with Gasteiger partial charge in [-0.3, -0.25) is 9.59 Å². The Labute approximate surface area is 97.3 Å². The molecule has 0 saturated carbocycles. The maximum atomic E-state index is 11.0. The molecule has 2 atom stereocenters. The molecule has 0 aliphatic rings. The fraction of sp³-hybridized carbons (Fsp3) is 0.833. The van der Waals surface area contributed by atoms with Crippen LogP contribution in [0.4, 0.5) is 0 Å². The van der Waals surface area contributed by atoms with Crippen LogP contribution >= 0.6 is 0 Å². The molecule has 0 saturated heterocycles. The van der Waals surface area contributed by atoms with Crippen LogP contribution in [-0.4, -0.2) is 24.1 Å². The summed E-state index contributed by atoms with van der Waals surface area (Å²) in [7, 11) is 0. The first-order valence-electron chi connectivity index (χ1n) is 5.60. The number of ether oxygens (including phenoxy) is 2. The highest BCUT2D eigenvalue weighted by molar-refractivity contribution is 5.67. The van der Waals surface area contributed by atoms with Gasteiger partial charge in [-0.25, -0.2) is 0 Å². The van der Waals surface area contributed by atoms with Gasteiger partial charge in [0.1, 0.15) is 12.2 Å². The average Bonchev–Trinajstić information content (AvgIpc) is 2.09. The first-order chi connectivity index (χ1) is 7.25. The normalized spacial score (nSPS) is 14.8. The highest BCUT2D eigenvalue weighted by Gasteiger charge is 2.32. The number of hydrogen-bond acceptors (Lipinski definition) is 4. The molecular formula is C12H22O4. The molecule has 0 N–H and O–H groups in total. The largest absolute Gasteiger partial charge is 0.458 e. The van der Waals surface area contributed by atoms with Gasteiger partial charge in [-0.05, 0) is 11.8 Å². The number of carbonyl (C=O) groups excluding carboxylic acids is 2. The molecule has 0 aliphatic carbocycles. The van der Waals surface area contributed by atoms with Crippen LogP contribution in [0.15, 0.2) is 0 Å². The van der Waals surface area contributed by atoms with Crippen molar-refractivity contribution in [3.05, 3.63) is 0 Å². The van der Waals surface area contributed by atoms with E-state index in [0.717, 1.165) is 0 Å². The Morgan fingerprint density at radius 2 is 1.00 bits per heavy atom. The molecule has 0 aromatic heterocycles. The fourth-order valence-corrected chi connectivity index (χ4v) is 1.55. The maximum Gasteiger partial charge on any atom is 0.303 e. The van der Waals surface area contributed by atoms with E-state index in [1.54, 1.807) is 0 Å². The molecule has 94 valence electrons. The SMILES string of the molecule is CC(=O)OC(C(C)C)C(OC(C)=O)C(C)C. The van der Waals surface area contributed by atoms with Crippen LogP contribution in [0.2, 0.25) is 0 Å². The summed E-state index contributed by atoms with van der Waals surface area (Å²) in [6.07, 6.45) is -0.775. The summed E-state index contributed by atoms with van der Waals surface area (Å²) in [5.41, 5.74) is 0. The predicted molar refractivity (Wildman–Crippen MR) is 60.8 cm³/mol. The molecule has 0 aliphatic heterocycles. The van der Waals surface area contributed by atoms with Gasteiger partial charge in [-0.1, -0.05) is 27.7 Å². The second-order valence-electron chi connectivity index (χ2n) is 4.64. The zero-order chi connectivity index (χ0) is 12.9. The van der Waals surface area contributed by atoms with E-state index in [-0.39, 0.29) is 36.0 Å². The van der Waals surface area contributed by atoms with Crippen molar-refractivity contribution in [1.82, 2.24) is 0 Å². The van der Waals surface area contributed by atoms with Crippen molar-refractivity contribution < 1.29 is 19.1 Å². The molecule has 4 heteroatoms.